The van der Waals surface area contributed by atoms with Gasteiger partial charge in [-0.1, -0.05) is 6.92 Å². The first-order valence-electron chi connectivity index (χ1n) is 7.13. The van der Waals surface area contributed by atoms with Crippen molar-refractivity contribution in [1.29, 1.82) is 0 Å². The molecule has 2 unspecified atom stereocenters. The molecule has 0 radical (unpaired) electrons. The number of rotatable bonds is 3. The van der Waals surface area contributed by atoms with Crippen LogP contribution in [0.4, 0.5) is 0 Å². The Hall–Kier alpha value is -1.53. The first kappa shape index (κ1) is 13.5. The first-order chi connectivity index (χ1) is 9.69. The number of carbonyl (C=O) groups is 1. The van der Waals surface area contributed by atoms with E-state index in [1.165, 1.54) is 19.0 Å². The molecule has 0 aliphatic carbocycles. The summed E-state index contributed by atoms with van der Waals surface area (Å²) in [6, 6.07) is 0.537. The lowest BCUT2D eigenvalue weighted by Gasteiger charge is -2.34. The molecule has 3 rings (SSSR count). The third-order valence-electron chi connectivity index (χ3n) is 4.13. The molecule has 0 amide bonds. The van der Waals surface area contributed by atoms with Crippen molar-refractivity contribution in [3.63, 3.8) is 0 Å². The largest absolute Gasteiger partial charge is 0.478 e. The summed E-state index contributed by atoms with van der Waals surface area (Å²) in [5, 5.41) is 9.10. The van der Waals surface area contributed by atoms with E-state index in [4.69, 9.17) is 9.84 Å². The Labute approximate surface area is 117 Å². The molecule has 2 aliphatic heterocycles. The Balaban J connectivity index is 1.81. The maximum atomic E-state index is 11.1. The Kier molecular flexibility index (Phi) is 3.67. The summed E-state index contributed by atoms with van der Waals surface area (Å²) in [4.78, 5) is 22.1. The van der Waals surface area contributed by atoms with Crippen molar-refractivity contribution in [3.8, 4) is 0 Å². The lowest BCUT2D eigenvalue weighted by Crippen LogP contribution is -2.43. The van der Waals surface area contributed by atoms with Gasteiger partial charge < -0.3 is 9.84 Å². The lowest BCUT2D eigenvalue weighted by molar-refractivity contribution is -0.0542. The molecule has 2 aliphatic rings. The number of morpholine rings is 1. The minimum Gasteiger partial charge on any atom is -0.478 e. The Bertz CT molecular complexity index is 520. The second-order valence-corrected chi connectivity index (χ2v) is 5.36. The van der Waals surface area contributed by atoms with Gasteiger partial charge in [-0.3, -0.25) is 4.90 Å². The van der Waals surface area contributed by atoms with Crippen LogP contribution in [-0.2, 0) is 11.2 Å². The predicted molar refractivity (Wildman–Crippen MR) is 71.7 cm³/mol. The molecule has 1 aromatic heterocycles. The van der Waals surface area contributed by atoms with Gasteiger partial charge in [0.15, 0.2) is 5.82 Å². The van der Waals surface area contributed by atoms with E-state index in [1.807, 2.05) is 6.92 Å². The summed E-state index contributed by atoms with van der Waals surface area (Å²) < 4.78 is 5.86. The van der Waals surface area contributed by atoms with E-state index in [1.54, 1.807) is 0 Å². The zero-order valence-corrected chi connectivity index (χ0v) is 11.6. The molecule has 2 atom stereocenters. The van der Waals surface area contributed by atoms with Crippen molar-refractivity contribution in [2.45, 2.75) is 38.3 Å². The van der Waals surface area contributed by atoms with E-state index < -0.39 is 5.97 Å². The van der Waals surface area contributed by atoms with Gasteiger partial charge in [-0.25, -0.2) is 14.8 Å². The molecule has 1 N–H and O–H groups in total. The number of ether oxygens (including phenoxy) is 1. The molecule has 0 spiro atoms. The highest BCUT2D eigenvalue weighted by atomic mass is 16.5. The van der Waals surface area contributed by atoms with Crippen LogP contribution < -0.4 is 0 Å². The van der Waals surface area contributed by atoms with Crippen molar-refractivity contribution >= 4 is 5.97 Å². The van der Waals surface area contributed by atoms with Gasteiger partial charge in [-0.15, -0.1) is 0 Å². The van der Waals surface area contributed by atoms with Gasteiger partial charge in [0.05, 0.1) is 17.9 Å². The van der Waals surface area contributed by atoms with Gasteiger partial charge in [-0.05, 0) is 25.8 Å². The van der Waals surface area contributed by atoms with Crippen molar-refractivity contribution in [2.75, 3.05) is 19.7 Å². The quantitative estimate of drug-likeness (QED) is 0.896. The fourth-order valence-corrected chi connectivity index (χ4v) is 3.01. The molecule has 1 aromatic rings. The molecule has 3 heterocycles. The molecule has 108 valence electrons. The third-order valence-corrected chi connectivity index (χ3v) is 4.13. The number of aromatic nitrogens is 2. The Morgan fingerprint density at radius 3 is 3.20 bits per heavy atom. The summed E-state index contributed by atoms with van der Waals surface area (Å²) in [5.41, 5.74) is 0.765. The SMILES string of the molecule is CCc1nc(C2CN3CCCC3CO2)ncc1C(=O)O. The van der Waals surface area contributed by atoms with Gasteiger partial charge in [0.1, 0.15) is 6.10 Å². The number of hydrogen-bond donors (Lipinski definition) is 1. The monoisotopic (exact) mass is 277 g/mol. The average molecular weight is 277 g/mol. The van der Waals surface area contributed by atoms with Crippen LogP contribution in [0.25, 0.3) is 0 Å². The van der Waals surface area contributed by atoms with E-state index >= 15 is 0 Å². The molecular weight excluding hydrogens is 258 g/mol. The molecule has 6 heteroatoms. The second kappa shape index (κ2) is 5.46. The maximum absolute atomic E-state index is 11.1. The van der Waals surface area contributed by atoms with Crippen LogP contribution in [0.2, 0.25) is 0 Å². The van der Waals surface area contributed by atoms with E-state index in [0.29, 0.717) is 24.0 Å². The normalized spacial score (nSPS) is 26.4. The number of carboxylic acids is 1. The predicted octanol–water partition coefficient (Wildman–Crippen LogP) is 1.27. The molecular formula is C14H19N3O3. The molecule has 6 nitrogen and oxygen atoms in total. The second-order valence-electron chi connectivity index (χ2n) is 5.36. The third kappa shape index (κ3) is 2.41. The highest BCUT2D eigenvalue weighted by Gasteiger charge is 2.34. The minimum atomic E-state index is -0.974. The van der Waals surface area contributed by atoms with Crippen molar-refractivity contribution in [1.82, 2.24) is 14.9 Å². The fourth-order valence-electron chi connectivity index (χ4n) is 3.01. The van der Waals surface area contributed by atoms with Gasteiger partial charge in [0, 0.05) is 18.8 Å². The molecule has 0 bridgehead atoms. The number of nitrogens with zero attached hydrogens (tertiary/aromatic N) is 3. The van der Waals surface area contributed by atoms with Crippen LogP contribution in [0.5, 0.6) is 0 Å². The number of fused-ring (bicyclic) bond motifs is 1. The topological polar surface area (TPSA) is 75.5 Å². The number of aryl methyl sites for hydroxylation is 1. The lowest BCUT2D eigenvalue weighted by atomic mass is 10.1. The highest BCUT2D eigenvalue weighted by Crippen LogP contribution is 2.28. The summed E-state index contributed by atoms with van der Waals surface area (Å²) in [5.74, 6) is -0.366. The zero-order valence-electron chi connectivity index (χ0n) is 11.6. The number of carboxylic acid groups (broad SMARTS) is 1. The van der Waals surface area contributed by atoms with Gasteiger partial charge in [0.25, 0.3) is 0 Å². The van der Waals surface area contributed by atoms with Gasteiger partial charge >= 0.3 is 5.97 Å². The molecule has 0 aromatic carbocycles. The van der Waals surface area contributed by atoms with Crippen LogP contribution in [0.3, 0.4) is 0 Å². The molecule has 2 fully saturated rings. The van der Waals surface area contributed by atoms with E-state index in [0.717, 1.165) is 19.7 Å². The van der Waals surface area contributed by atoms with Gasteiger partial charge in [0.2, 0.25) is 0 Å². The summed E-state index contributed by atoms with van der Waals surface area (Å²) >= 11 is 0. The Morgan fingerprint density at radius 2 is 2.45 bits per heavy atom. The molecule has 20 heavy (non-hydrogen) atoms. The molecule has 0 saturated carbocycles. The van der Waals surface area contributed by atoms with Crippen LogP contribution in [0.15, 0.2) is 6.20 Å². The first-order valence-corrected chi connectivity index (χ1v) is 7.13. The van der Waals surface area contributed by atoms with Crippen LogP contribution in [0.1, 0.15) is 47.7 Å². The Morgan fingerprint density at radius 1 is 1.60 bits per heavy atom. The maximum Gasteiger partial charge on any atom is 0.339 e. The van der Waals surface area contributed by atoms with E-state index in [9.17, 15) is 4.79 Å². The fraction of sp³-hybridized carbons (Fsp3) is 0.643. The number of aromatic carboxylic acids is 1. The molecule has 2 saturated heterocycles. The zero-order chi connectivity index (χ0) is 14.1. The van der Waals surface area contributed by atoms with Crippen molar-refractivity contribution < 1.29 is 14.6 Å². The smallest absolute Gasteiger partial charge is 0.339 e. The standard InChI is InChI=1S/C14H19N3O3/c1-2-11-10(14(18)19)6-15-13(16-11)12-7-17-5-3-4-9(17)8-20-12/h6,9,12H,2-5,7-8H2,1H3,(H,18,19). The number of hydrogen-bond acceptors (Lipinski definition) is 5. The van der Waals surface area contributed by atoms with Gasteiger partial charge in [-0.2, -0.15) is 0 Å². The summed E-state index contributed by atoms with van der Waals surface area (Å²) in [7, 11) is 0. The van der Waals surface area contributed by atoms with E-state index in [2.05, 4.69) is 14.9 Å². The summed E-state index contributed by atoms with van der Waals surface area (Å²) in [6.07, 6.45) is 4.27. The van der Waals surface area contributed by atoms with Crippen molar-refractivity contribution in [2.24, 2.45) is 0 Å². The summed E-state index contributed by atoms with van der Waals surface area (Å²) in [6.45, 7) is 4.53. The van der Waals surface area contributed by atoms with E-state index in [-0.39, 0.29) is 11.7 Å². The van der Waals surface area contributed by atoms with Crippen LogP contribution >= 0.6 is 0 Å². The highest BCUT2D eigenvalue weighted by molar-refractivity contribution is 5.88. The average Bonchev–Trinajstić information content (AvgIpc) is 2.93. The van der Waals surface area contributed by atoms with Crippen LogP contribution in [-0.4, -0.2) is 51.7 Å². The minimum absolute atomic E-state index is 0.141. The van der Waals surface area contributed by atoms with Crippen molar-refractivity contribution in [3.05, 3.63) is 23.3 Å². The van der Waals surface area contributed by atoms with Crippen LogP contribution in [0, 0.1) is 0 Å².